The van der Waals surface area contributed by atoms with Gasteiger partial charge in [-0.25, -0.2) is 13.6 Å². The van der Waals surface area contributed by atoms with Crippen molar-refractivity contribution in [2.75, 3.05) is 13.7 Å². The lowest BCUT2D eigenvalue weighted by Gasteiger charge is -2.11. The van der Waals surface area contributed by atoms with E-state index in [0.29, 0.717) is 0 Å². The fraction of sp³-hybridized carbons (Fsp3) is 0.714. The molecule has 0 aromatic heterocycles. The summed E-state index contributed by atoms with van der Waals surface area (Å²) in [6, 6.07) is 0. The molecule has 0 N–H and O–H groups in total. The number of halogens is 2. The molecule has 0 saturated heterocycles. The number of carbonyl (C=O) groups excluding carboxylic acids is 2. The summed E-state index contributed by atoms with van der Waals surface area (Å²) < 4.78 is 32.3. The second kappa shape index (κ2) is 5.58. The minimum absolute atomic E-state index is 0.00914. The van der Waals surface area contributed by atoms with Crippen LogP contribution in [0.2, 0.25) is 0 Å². The maximum absolute atomic E-state index is 11.8. The molecule has 0 aliphatic heterocycles. The topological polar surface area (TPSA) is 52.6 Å². The van der Waals surface area contributed by atoms with Gasteiger partial charge < -0.3 is 9.47 Å². The lowest BCUT2D eigenvalue weighted by Crippen LogP contribution is -2.37. The van der Waals surface area contributed by atoms with Crippen molar-refractivity contribution in [2.45, 2.75) is 19.5 Å². The molecule has 76 valence electrons. The summed E-state index contributed by atoms with van der Waals surface area (Å²) in [5.74, 6) is -2.67. The molecule has 0 radical (unpaired) electrons. The van der Waals surface area contributed by atoms with E-state index in [1.165, 1.54) is 6.92 Å². The molecule has 6 heteroatoms. The van der Waals surface area contributed by atoms with Crippen LogP contribution in [0.25, 0.3) is 0 Å². The maximum Gasteiger partial charge on any atom is 0.343 e. The van der Waals surface area contributed by atoms with Crippen LogP contribution in [0.5, 0.6) is 0 Å². The summed E-state index contributed by atoms with van der Waals surface area (Å²) in [4.78, 5) is 21.4. The number of esters is 1. The third kappa shape index (κ3) is 3.45. The van der Waals surface area contributed by atoms with Gasteiger partial charge in [-0.05, 0) is 6.92 Å². The number of rotatable bonds is 5. The standard InChI is InChI=1S/C7H10F2O4/c1-3-13-7(11)5(12-2)4(10)6(8)9/h5-6H,3H2,1-2H3. The second-order valence-electron chi connectivity index (χ2n) is 2.07. The molecule has 0 rings (SSSR count). The number of ketones is 1. The first kappa shape index (κ1) is 12.0. The van der Waals surface area contributed by atoms with Gasteiger partial charge in [0, 0.05) is 7.11 Å². The molecule has 0 amide bonds. The zero-order chi connectivity index (χ0) is 10.4. The van der Waals surface area contributed by atoms with Crippen molar-refractivity contribution >= 4 is 11.8 Å². The van der Waals surface area contributed by atoms with Crippen LogP contribution in [0.15, 0.2) is 0 Å². The normalized spacial score (nSPS) is 12.7. The lowest BCUT2D eigenvalue weighted by molar-refractivity contribution is -0.163. The summed E-state index contributed by atoms with van der Waals surface area (Å²) in [7, 11) is 0.988. The quantitative estimate of drug-likeness (QED) is 0.471. The van der Waals surface area contributed by atoms with E-state index in [2.05, 4.69) is 9.47 Å². The SMILES string of the molecule is CCOC(=O)C(OC)C(=O)C(F)F. The minimum Gasteiger partial charge on any atom is -0.464 e. The third-order valence-electron chi connectivity index (χ3n) is 1.21. The fourth-order valence-electron chi connectivity index (χ4n) is 0.661. The summed E-state index contributed by atoms with van der Waals surface area (Å²) >= 11 is 0. The van der Waals surface area contributed by atoms with Crippen molar-refractivity contribution in [1.82, 2.24) is 0 Å². The van der Waals surface area contributed by atoms with Gasteiger partial charge in [-0.2, -0.15) is 0 Å². The van der Waals surface area contributed by atoms with Crippen molar-refractivity contribution < 1.29 is 27.8 Å². The Labute approximate surface area is 73.8 Å². The predicted octanol–water partition coefficient (Wildman–Crippen LogP) is 0.399. The Kier molecular flexibility index (Phi) is 5.13. The van der Waals surface area contributed by atoms with Crippen molar-refractivity contribution in [2.24, 2.45) is 0 Å². The highest BCUT2D eigenvalue weighted by Crippen LogP contribution is 2.04. The van der Waals surface area contributed by atoms with Gasteiger partial charge in [0.25, 0.3) is 6.43 Å². The highest BCUT2D eigenvalue weighted by Gasteiger charge is 2.33. The summed E-state index contributed by atoms with van der Waals surface area (Å²) in [6.45, 7) is 1.51. The molecular weight excluding hydrogens is 186 g/mol. The van der Waals surface area contributed by atoms with Gasteiger partial charge in [-0.1, -0.05) is 0 Å². The van der Waals surface area contributed by atoms with Crippen molar-refractivity contribution in [1.29, 1.82) is 0 Å². The molecular formula is C7H10F2O4. The van der Waals surface area contributed by atoms with Crippen LogP contribution in [0, 0.1) is 0 Å². The van der Waals surface area contributed by atoms with E-state index in [0.717, 1.165) is 7.11 Å². The Hall–Kier alpha value is -1.04. The number of hydrogen-bond acceptors (Lipinski definition) is 4. The largest absolute Gasteiger partial charge is 0.464 e. The molecule has 1 atom stereocenters. The number of ether oxygens (including phenoxy) is 2. The van der Waals surface area contributed by atoms with Crippen molar-refractivity contribution in [3.8, 4) is 0 Å². The van der Waals surface area contributed by atoms with Crippen molar-refractivity contribution in [3.63, 3.8) is 0 Å². The number of methoxy groups -OCH3 is 1. The number of carbonyl (C=O) groups is 2. The van der Waals surface area contributed by atoms with Crippen LogP contribution in [-0.2, 0) is 19.1 Å². The van der Waals surface area contributed by atoms with Gasteiger partial charge in [0.15, 0.2) is 0 Å². The van der Waals surface area contributed by atoms with E-state index >= 15 is 0 Å². The smallest absolute Gasteiger partial charge is 0.343 e. The first-order valence-corrected chi connectivity index (χ1v) is 3.55. The molecule has 0 bridgehead atoms. The van der Waals surface area contributed by atoms with E-state index in [4.69, 9.17) is 0 Å². The van der Waals surface area contributed by atoms with E-state index in [9.17, 15) is 18.4 Å². The van der Waals surface area contributed by atoms with Crippen LogP contribution in [-0.4, -0.2) is 38.0 Å². The molecule has 0 saturated carbocycles. The van der Waals surface area contributed by atoms with Crippen molar-refractivity contribution in [3.05, 3.63) is 0 Å². The molecule has 0 heterocycles. The molecule has 0 aromatic rings. The van der Waals surface area contributed by atoms with Gasteiger partial charge in [0.1, 0.15) is 0 Å². The van der Waals surface area contributed by atoms with E-state index < -0.39 is 24.3 Å². The first-order valence-electron chi connectivity index (χ1n) is 3.55. The van der Waals surface area contributed by atoms with Gasteiger partial charge in [-0.3, -0.25) is 4.79 Å². The van der Waals surface area contributed by atoms with E-state index in [-0.39, 0.29) is 6.61 Å². The minimum atomic E-state index is -3.23. The van der Waals surface area contributed by atoms with Gasteiger partial charge >= 0.3 is 5.97 Å². The average molecular weight is 196 g/mol. The molecule has 4 nitrogen and oxygen atoms in total. The molecule has 0 aromatic carbocycles. The molecule has 0 aliphatic rings. The Morgan fingerprint density at radius 2 is 1.92 bits per heavy atom. The maximum atomic E-state index is 11.8. The average Bonchev–Trinajstić information content (AvgIpc) is 2.05. The first-order chi connectivity index (χ1) is 6.04. The van der Waals surface area contributed by atoms with Crippen LogP contribution >= 0.6 is 0 Å². The zero-order valence-electron chi connectivity index (χ0n) is 7.25. The Balaban J connectivity index is 4.32. The molecule has 13 heavy (non-hydrogen) atoms. The summed E-state index contributed by atoms with van der Waals surface area (Å²) in [6.07, 6.45) is -5.05. The predicted molar refractivity (Wildman–Crippen MR) is 38.4 cm³/mol. The van der Waals surface area contributed by atoms with Gasteiger partial charge in [0.2, 0.25) is 11.9 Å². The third-order valence-corrected chi connectivity index (χ3v) is 1.21. The number of alkyl halides is 2. The number of hydrogen-bond donors (Lipinski definition) is 0. The van der Waals surface area contributed by atoms with Crippen LogP contribution in [0.4, 0.5) is 8.78 Å². The molecule has 1 unspecified atom stereocenters. The van der Waals surface area contributed by atoms with E-state index in [1.807, 2.05) is 0 Å². The molecule has 0 fully saturated rings. The zero-order valence-corrected chi connectivity index (χ0v) is 7.25. The Morgan fingerprint density at radius 1 is 1.38 bits per heavy atom. The molecule has 0 aliphatic carbocycles. The fourth-order valence-corrected chi connectivity index (χ4v) is 0.661. The second-order valence-corrected chi connectivity index (χ2v) is 2.07. The lowest BCUT2D eigenvalue weighted by atomic mass is 10.2. The number of Topliss-reactive ketones (excluding diaryl/α,β-unsaturated/α-hetero) is 1. The van der Waals surface area contributed by atoms with Gasteiger partial charge in [0.05, 0.1) is 6.61 Å². The Morgan fingerprint density at radius 3 is 2.23 bits per heavy atom. The monoisotopic (exact) mass is 196 g/mol. The summed E-state index contributed by atoms with van der Waals surface area (Å²) in [5, 5.41) is 0. The van der Waals surface area contributed by atoms with Crippen LogP contribution in [0.1, 0.15) is 6.92 Å². The summed E-state index contributed by atoms with van der Waals surface area (Å²) in [5.41, 5.74) is 0. The molecule has 0 spiro atoms. The van der Waals surface area contributed by atoms with Crippen LogP contribution < -0.4 is 0 Å². The highest BCUT2D eigenvalue weighted by atomic mass is 19.3. The van der Waals surface area contributed by atoms with Gasteiger partial charge in [-0.15, -0.1) is 0 Å². The highest BCUT2D eigenvalue weighted by molar-refractivity contribution is 6.03. The Bertz CT molecular complexity index is 193. The van der Waals surface area contributed by atoms with E-state index in [1.54, 1.807) is 0 Å². The van der Waals surface area contributed by atoms with Crippen LogP contribution in [0.3, 0.4) is 0 Å².